The van der Waals surface area contributed by atoms with Crippen LogP contribution in [0, 0.1) is 0 Å². The molecule has 22 heavy (non-hydrogen) atoms. The summed E-state index contributed by atoms with van der Waals surface area (Å²) in [6.07, 6.45) is 0.665. The van der Waals surface area contributed by atoms with Crippen LogP contribution < -0.4 is 0 Å². The Morgan fingerprint density at radius 3 is 2.59 bits per heavy atom. The number of fused-ring (bicyclic) bond motifs is 1. The molecule has 0 saturated heterocycles. The van der Waals surface area contributed by atoms with Crippen LogP contribution in [0.4, 0.5) is 4.79 Å². The zero-order chi connectivity index (χ0) is 16.5. The number of ether oxygens (including phenoxy) is 1. The van der Waals surface area contributed by atoms with Crippen LogP contribution in [0.3, 0.4) is 0 Å². The van der Waals surface area contributed by atoms with Crippen LogP contribution in [0.15, 0.2) is 18.2 Å². The smallest absolute Gasteiger partial charge is 0.410 e. The predicted octanol–water partition coefficient (Wildman–Crippen LogP) is 3.43. The average molecular weight is 304 g/mol. The summed E-state index contributed by atoms with van der Waals surface area (Å²) >= 11 is 0. The van der Waals surface area contributed by atoms with E-state index in [2.05, 4.69) is 44.1 Å². The standard InChI is InChI=1S/C18H28N2O2/c1-13-9-16-10-14(11-19(5)6)7-8-15(16)12-20(13)17(21)22-18(2,3)4/h7-8,10,13H,9,11-12H2,1-6H3. The molecule has 1 unspecified atom stereocenters. The van der Waals surface area contributed by atoms with Crippen LogP contribution in [0.1, 0.15) is 44.4 Å². The molecule has 1 amide bonds. The van der Waals surface area contributed by atoms with Gasteiger partial charge in [0.1, 0.15) is 5.60 Å². The lowest BCUT2D eigenvalue weighted by Crippen LogP contribution is -2.45. The molecule has 1 atom stereocenters. The zero-order valence-electron chi connectivity index (χ0n) is 14.6. The van der Waals surface area contributed by atoms with Gasteiger partial charge in [-0.05, 0) is 64.9 Å². The molecule has 1 aromatic carbocycles. The highest BCUT2D eigenvalue weighted by atomic mass is 16.6. The highest BCUT2D eigenvalue weighted by Gasteiger charge is 2.30. The summed E-state index contributed by atoms with van der Waals surface area (Å²) in [6, 6.07) is 6.74. The fourth-order valence-corrected chi connectivity index (χ4v) is 2.82. The average Bonchev–Trinajstić information content (AvgIpc) is 2.34. The SMILES string of the molecule is CC1Cc2cc(CN(C)C)ccc2CN1C(=O)OC(C)(C)C. The number of hydrogen-bond donors (Lipinski definition) is 0. The van der Waals surface area contributed by atoms with Crippen LogP contribution >= 0.6 is 0 Å². The second kappa shape index (κ2) is 6.29. The molecule has 0 aliphatic carbocycles. The van der Waals surface area contributed by atoms with Gasteiger partial charge in [0.2, 0.25) is 0 Å². The van der Waals surface area contributed by atoms with Gasteiger partial charge in [-0.2, -0.15) is 0 Å². The zero-order valence-corrected chi connectivity index (χ0v) is 14.6. The third kappa shape index (κ3) is 4.23. The number of rotatable bonds is 2. The molecule has 122 valence electrons. The van der Waals surface area contributed by atoms with Gasteiger partial charge in [0.15, 0.2) is 0 Å². The Labute approximate surface area is 134 Å². The van der Waals surface area contributed by atoms with Crippen molar-refractivity contribution in [2.75, 3.05) is 14.1 Å². The van der Waals surface area contributed by atoms with Crippen molar-refractivity contribution in [2.24, 2.45) is 0 Å². The summed E-state index contributed by atoms with van der Waals surface area (Å²) < 4.78 is 5.52. The van der Waals surface area contributed by atoms with Crippen molar-refractivity contribution >= 4 is 6.09 Å². The first kappa shape index (κ1) is 16.8. The van der Waals surface area contributed by atoms with Gasteiger partial charge in [-0.3, -0.25) is 0 Å². The fraction of sp³-hybridized carbons (Fsp3) is 0.611. The number of hydrogen-bond acceptors (Lipinski definition) is 3. The van der Waals surface area contributed by atoms with E-state index in [-0.39, 0.29) is 12.1 Å². The molecule has 0 radical (unpaired) electrons. The van der Waals surface area contributed by atoms with E-state index < -0.39 is 5.60 Å². The molecule has 1 heterocycles. The van der Waals surface area contributed by atoms with Gasteiger partial charge in [-0.15, -0.1) is 0 Å². The molecule has 0 saturated carbocycles. The number of benzene rings is 1. The second-order valence-corrected chi connectivity index (χ2v) is 7.50. The largest absolute Gasteiger partial charge is 0.444 e. The number of amides is 1. The minimum Gasteiger partial charge on any atom is -0.444 e. The van der Waals surface area contributed by atoms with Crippen molar-refractivity contribution in [3.05, 3.63) is 34.9 Å². The summed E-state index contributed by atoms with van der Waals surface area (Å²) in [7, 11) is 4.15. The number of carbonyl (C=O) groups excluding carboxylic acids is 1. The highest BCUT2D eigenvalue weighted by Crippen LogP contribution is 2.26. The normalized spacial score (nSPS) is 18.3. The Morgan fingerprint density at radius 2 is 2.00 bits per heavy atom. The van der Waals surface area contributed by atoms with Gasteiger partial charge in [0.25, 0.3) is 0 Å². The topological polar surface area (TPSA) is 32.8 Å². The van der Waals surface area contributed by atoms with Gasteiger partial charge in [-0.1, -0.05) is 18.2 Å². The second-order valence-electron chi connectivity index (χ2n) is 7.50. The molecule has 0 fully saturated rings. The molecule has 1 aliphatic heterocycles. The highest BCUT2D eigenvalue weighted by molar-refractivity contribution is 5.69. The molecule has 0 N–H and O–H groups in total. The fourth-order valence-electron chi connectivity index (χ4n) is 2.82. The number of carbonyl (C=O) groups is 1. The Morgan fingerprint density at radius 1 is 1.32 bits per heavy atom. The van der Waals surface area contributed by atoms with E-state index in [1.807, 2.05) is 25.7 Å². The van der Waals surface area contributed by atoms with Crippen molar-refractivity contribution in [1.82, 2.24) is 9.80 Å². The van der Waals surface area contributed by atoms with Crippen molar-refractivity contribution in [3.63, 3.8) is 0 Å². The lowest BCUT2D eigenvalue weighted by molar-refractivity contribution is 0.0138. The molecule has 0 aromatic heterocycles. The van der Waals surface area contributed by atoms with Crippen LogP contribution in [-0.2, 0) is 24.2 Å². The maximum atomic E-state index is 12.3. The molecule has 0 bridgehead atoms. The summed E-state index contributed by atoms with van der Waals surface area (Å²) in [5.41, 5.74) is 3.45. The van der Waals surface area contributed by atoms with Gasteiger partial charge < -0.3 is 14.5 Å². The first-order valence-corrected chi connectivity index (χ1v) is 7.91. The van der Waals surface area contributed by atoms with E-state index >= 15 is 0 Å². The summed E-state index contributed by atoms with van der Waals surface area (Å²) in [4.78, 5) is 16.3. The Kier molecular flexibility index (Phi) is 4.81. The Bertz CT molecular complexity index is 547. The minimum absolute atomic E-state index is 0.164. The first-order chi connectivity index (χ1) is 10.2. The number of nitrogens with zero attached hydrogens (tertiary/aromatic N) is 2. The van der Waals surface area contributed by atoms with Crippen LogP contribution in [0.2, 0.25) is 0 Å². The van der Waals surface area contributed by atoms with Crippen LogP contribution in [-0.4, -0.2) is 41.6 Å². The third-order valence-electron chi connectivity index (χ3n) is 3.79. The summed E-state index contributed by atoms with van der Waals surface area (Å²) in [6.45, 7) is 9.37. The molecule has 4 heteroatoms. The maximum absolute atomic E-state index is 12.3. The molecule has 1 aromatic rings. The van der Waals surface area contributed by atoms with E-state index in [4.69, 9.17) is 4.74 Å². The molecular weight excluding hydrogens is 276 g/mol. The van der Waals surface area contributed by atoms with Crippen molar-refractivity contribution in [2.45, 2.75) is 58.8 Å². The minimum atomic E-state index is -0.452. The van der Waals surface area contributed by atoms with Crippen molar-refractivity contribution in [1.29, 1.82) is 0 Å². The predicted molar refractivity (Wildman–Crippen MR) is 88.8 cm³/mol. The monoisotopic (exact) mass is 304 g/mol. The van der Waals surface area contributed by atoms with Crippen LogP contribution in [0.25, 0.3) is 0 Å². The summed E-state index contributed by atoms with van der Waals surface area (Å²) in [5.74, 6) is 0. The van der Waals surface area contributed by atoms with Gasteiger partial charge in [-0.25, -0.2) is 4.79 Å². The molecule has 1 aliphatic rings. The molecule has 0 spiro atoms. The van der Waals surface area contributed by atoms with E-state index in [0.717, 1.165) is 13.0 Å². The molecular formula is C18H28N2O2. The quantitative estimate of drug-likeness (QED) is 0.839. The van der Waals surface area contributed by atoms with E-state index in [1.54, 1.807) is 0 Å². The van der Waals surface area contributed by atoms with Crippen LogP contribution in [0.5, 0.6) is 0 Å². The summed E-state index contributed by atoms with van der Waals surface area (Å²) in [5, 5.41) is 0. The van der Waals surface area contributed by atoms with Gasteiger partial charge in [0.05, 0.1) is 0 Å². The van der Waals surface area contributed by atoms with Crippen molar-refractivity contribution in [3.8, 4) is 0 Å². The lowest BCUT2D eigenvalue weighted by atomic mass is 9.93. The van der Waals surface area contributed by atoms with Gasteiger partial charge >= 0.3 is 6.09 Å². The Balaban J connectivity index is 2.15. The third-order valence-corrected chi connectivity index (χ3v) is 3.79. The lowest BCUT2D eigenvalue weighted by Gasteiger charge is -2.36. The van der Waals surface area contributed by atoms with E-state index in [0.29, 0.717) is 6.54 Å². The van der Waals surface area contributed by atoms with E-state index in [1.165, 1.54) is 16.7 Å². The molecule has 4 nitrogen and oxygen atoms in total. The van der Waals surface area contributed by atoms with Crippen molar-refractivity contribution < 1.29 is 9.53 Å². The maximum Gasteiger partial charge on any atom is 0.410 e. The molecule has 2 rings (SSSR count). The van der Waals surface area contributed by atoms with Gasteiger partial charge in [0, 0.05) is 19.1 Å². The Hall–Kier alpha value is -1.55. The van der Waals surface area contributed by atoms with E-state index in [9.17, 15) is 4.79 Å². The first-order valence-electron chi connectivity index (χ1n) is 7.91.